The second kappa shape index (κ2) is 11.6. The summed E-state index contributed by atoms with van der Waals surface area (Å²) in [4.78, 5) is 2.33. The fourth-order valence-corrected chi connectivity index (χ4v) is 9.45. The summed E-state index contributed by atoms with van der Waals surface area (Å²) in [5.74, 6) is 0.758. The maximum Gasteiger partial charge on any atom is 0.309 e. The quantitative estimate of drug-likeness (QED) is 0.333. The number of rotatable bonds is 12. The fourth-order valence-electron chi connectivity index (χ4n) is 1.41. The van der Waals surface area contributed by atoms with Gasteiger partial charge in [0.15, 0.2) is 0 Å². The van der Waals surface area contributed by atoms with Gasteiger partial charge in [-0.3, -0.25) is 9.13 Å². The molecule has 0 aliphatic carbocycles. The Labute approximate surface area is 155 Å². The zero-order valence-electron chi connectivity index (χ0n) is 11.0. The highest BCUT2D eigenvalue weighted by atomic mass is 35.7. The van der Waals surface area contributed by atoms with E-state index in [1.807, 2.05) is 0 Å². The highest BCUT2D eigenvalue weighted by Crippen LogP contribution is 2.64. The van der Waals surface area contributed by atoms with Crippen LogP contribution in [0.1, 0.15) is 0 Å². The number of nitrogens with one attached hydrogen (secondary N) is 1. The largest absolute Gasteiger partial charge is 0.309 e. The molecule has 0 aliphatic heterocycles. The topological polar surface area (TPSA) is 52.7 Å². The van der Waals surface area contributed by atoms with Crippen LogP contribution >= 0.6 is 82.5 Å². The third-order valence-electron chi connectivity index (χ3n) is 2.34. The third-order valence-corrected chi connectivity index (χ3v) is 9.89. The Hall–Kier alpha value is 2.08. The first kappa shape index (κ1) is 23.1. The molecule has 13 heteroatoms. The number of alkyl halides is 4. The van der Waals surface area contributed by atoms with E-state index in [1.54, 1.807) is 0 Å². The van der Waals surface area contributed by atoms with E-state index in [0.29, 0.717) is 0 Å². The molecule has 0 amide bonds. The van der Waals surface area contributed by atoms with Gasteiger partial charge >= 0.3 is 13.6 Å². The molecule has 2 unspecified atom stereocenters. The summed E-state index contributed by atoms with van der Waals surface area (Å²) in [6.07, 6.45) is 0. The molecule has 0 aliphatic rings. The summed E-state index contributed by atoms with van der Waals surface area (Å²) in [7, 11) is 0. The van der Waals surface area contributed by atoms with Gasteiger partial charge in [-0.25, -0.2) is 9.34 Å². The van der Waals surface area contributed by atoms with Gasteiger partial charge in [0.25, 0.3) is 0 Å². The van der Waals surface area contributed by atoms with Crippen LogP contribution < -0.4 is 4.86 Å². The Morgan fingerprint density at radius 3 is 1.10 bits per heavy atom. The lowest BCUT2D eigenvalue weighted by Crippen LogP contribution is -2.32. The molecular weight excluding hydrogens is 445 g/mol. The van der Waals surface area contributed by atoms with E-state index in [2.05, 4.69) is 4.86 Å². The Kier molecular flexibility index (Phi) is 12.8. The maximum atomic E-state index is 12.5. The van der Waals surface area contributed by atoms with Crippen molar-refractivity contribution >= 4 is 82.5 Å². The van der Waals surface area contributed by atoms with Crippen molar-refractivity contribution in [1.82, 2.24) is 14.2 Å². The van der Waals surface area contributed by atoms with Gasteiger partial charge in [-0.2, -0.15) is 4.86 Å². The molecule has 0 heterocycles. The van der Waals surface area contributed by atoms with Crippen LogP contribution in [-0.4, -0.2) is 59.0 Å². The van der Waals surface area contributed by atoms with E-state index in [9.17, 15) is 9.13 Å². The average molecular weight is 462 g/mol. The van der Waals surface area contributed by atoms with E-state index < -0.39 is 13.6 Å². The number of hydrogen-bond donors (Lipinski definition) is 1. The van der Waals surface area contributed by atoms with Crippen LogP contribution in [-0.2, 0) is 9.13 Å². The summed E-state index contributed by atoms with van der Waals surface area (Å²) < 4.78 is 27.7. The van der Waals surface area contributed by atoms with Crippen molar-refractivity contribution < 1.29 is 9.13 Å². The van der Waals surface area contributed by atoms with E-state index in [1.165, 1.54) is 9.34 Å². The van der Waals surface area contributed by atoms with Gasteiger partial charge < -0.3 is 0 Å². The standard InChI is InChI=1S/C8H17Cl6N3O2P2/c9-1-5-16(6-2-10)20(13,18)15-21(14,19)17(7-3-11)8-4-12/h1-8H2,(H,15,18,19). The van der Waals surface area contributed by atoms with Gasteiger partial charge in [-0.15, -0.1) is 46.4 Å². The maximum absolute atomic E-state index is 12.5. The van der Waals surface area contributed by atoms with Gasteiger partial charge in [0.1, 0.15) is 0 Å². The molecule has 0 saturated heterocycles. The third kappa shape index (κ3) is 8.65. The van der Waals surface area contributed by atoms with Crippen molar-refractivity contribution in [2.24, 2.45) is 0 Å². The normalized spacial score (nSPS) is 17.9. The lowest BCUT2D eigenvalue weighted by molar-refractivity contribution is 0.439. The predicted octanol–water partition coefficient (Wildman–Crippen LogP) is 4.83. The fraction of sp³-hybridized carbons (Fsp3) is 1.00. The minimum absolute atomic E-state index is 0.189. The minimum atomic E-state index is -3.69. The second-order valence-corrected chi connectivity index (χ2v) is 12.0. The summed E-state index contributed by atoms with van der Waals surface area (Å²) in [5, 5.41) is 0. The highest BCUT2D eigenvalue weighted by molar-refractivity contribution is 7.98. The minimum Gasteiger partial charge on any atom is -0.270 e. The van der Waals surface area contributed by atoms with Gasteiger partial charge in [-0.05, 0) is 22.5 Å². The second-order valence-electron chi connectivity index (χ2n) is 3.77. The molecule has 0 aromatic carbocycles. The van der Waals surface area contributed by atoms with Gasteiger partial charge in [-0.1, -0.05) is 0 Å². The van der Waals surface area contributed by atoms with Crippen LogP contribution in [0, 0.1) is 0 Å². The lowest BCUT2D eigenvalue weighted by Gasteiger charge is -2.31. The van der Waals surface area contributed by atoms with Crippen molar-refractivity contribution in [2.75, 3.05) is 49.7 Å². The zero-order chi connectivity index (χ0) is 16.5. The Morgan fingerprint density at radius 2 is 0.905 bits per heavy atom. The highest BCUT2D eigenvalue weighted by Gasteiger charge is 2.38. The van der Waals surface area contributed by atoms with Crippen LogP contribution in [0.15, 0.2) is 0 Å². The molecule has 2 atom stereocenters. The number of hydrogen-bond acceptors (Lipinski definition) is 2. The SMILES string of the molecule is O=P(Cl)(NP(=O)(Cl)N(CCCl)CCCl)N(CCCl)CCCl. The Bertz CT molecular complexity index is 345. The molecule has 0 spiro atoms. The van der Waals surface area contributed by atoms with Gasteiger partial charge in [0.05, 0.1) is 0 Å². The first-order valence-electron chi connectivity index (χ1n) is 5.88. The van der Waals surface area contributed by atoms with E-state index >= 15 is 0 Å². The molecule has 0 fully saturated rings. The summed E-state index contributed by atoms with van der Waals surface area (Å²) in [6, 6.07) is 0. The lowest BCUT2D eigenvalue weighted by atomic mass is 10.6. The molecule has 0 bridgehead atoms. The van der Waals surface area contributed by atoms with Crippen LogP contribution in [0.25, 0.3) is 0 Å². The predicted molar refractivity (Wildman–Crippen MR) is 96.1 cm³/mol. The average Bonchev–Trinajstić information content (AvgIpc) is 2.37. The molecule has 128 valence electrons. The summed E-state index contributed by atoms with van der Waals surface area (Å²) in [5.41, 5.74) is 0. The zero-order valence-corrected chi connectivity index (χ0v) is 17.4. The van der Waals surface area contributed by atoms with Crippen LogP contribution in [0.4, 0.5) is 0 Å². The summed E-state index contributed by atoms with van der Waals surface area (Å²) >= 11 is 34.5. The van der Waals surface area contributed by atoms with E-state index in [0.717, 1.165) is 0 Å². The van der Waals surface area contributed by atoms with Crippen molar-refractivity contribution in [3.63, 3.8) is 0 Å². The van der Waals surface area contributed by atoms with Crippen LogP contribution in [0.2, 0.25) is 0 Å². The molecule has 5 nitrogen and oxygen atoms in total. The molecule has 0 radical (unpaired) electrons. The number of halogens is 6. The smallest absolute Gasteiger partial charge is 0.270 e. The Balaban J connectivity index is 5.07. The first-order chi connectivity index (χ1) is 9.75. The molecule has 0 rings (SSSR count). The first-order valence-corrected chi connectivity index (χ1v) is 13.2. The van der Waals surface area contributed by atoms with Crippen molar-refractivity contribution in [1.29, 1.82) is 0 Å². The van der Waals surface area contributed by atoms with Crippen molar-refractivity contribution in [3.05, 3.63) is 0 Å². The summed E-state index contributed by atoms with van der Waals surface area (Å²) in [6.45, 7) is -6.54. The molecule has 0 aromatic heterocycles. The van der Waals surface area contributed by atoms with Crippen molar-refractivity contribution in [2.45, 2.75) is 0 Å². The molecule has 1 N–H and O–H groups in total. The van der Waals surface area contributed by atoms with Crippen LogP contribution in [0.5, 0.6) is 0 Å². The number of nitrogens with zero attached hydrogens (tertiary/aromatic N) is 2. The van der Waals surface area contributed by atoms with Gasteiger partial charge in [0, 0.05) is 49.7 Å². The van der Waals surface area contributed by atoms with Crippen LogP contribution in [0.3, 0.4) is 0 Å². The molecular formula is C8H17Cl6N3O2P2. The molecule has 0 saturated carbocycles. The monoisotopic (exact) mass is 459 g/mol. The van der Waals surface area contributed by atoms with Crippen molar-refractivity contribution in [3.8, 4) is 0 Å². The molecule has 21 heavy (non-hydrogen) atoms. The Morgan fingerprint density at radius 1 is 0.667 bits per heavy atom. The molecule has 0 aromatic rings. The van der Waals surface area contributed by atoms with E-state index in [4.69, 9.17) is 68.9 Å². The van der Waals surface area contributed by atoms with E-state index in [-0.39, 0.29) is 49.7 Å². The van der Waals surface area contributed by atoms with Gasteiger partial charge in [0.2, 0.25) is 0 Å².